The van der Waals surface area contributed by atoms with Gasteiger partial charge < -0.3 is 19.8 Å². The third-order valence-corrected chi connectivity index (χ3v) is 6.66. The molecule has 0 spiro atoms. The average Bonchev–Trinajstić information content (AvgIpc) is 3.33. The van der Waals surface area contributed by atoms with Gasteiger partial charge in [0.1, 0.15) is 5.04 Å². The van der Waals surface area contributed by atoms with Crippen LogP contribution < -0.4 is 5.32 Å². The number of aromatic nitrogens is 1. The number of esters is 1. The van der Waals surface area contributed by atoms with E-state index in [4.69, 9.17) is 14.5 Å². The highest BCUT2D eigenvalue weighted by Gasteiger charge is 2.24. The molecule has 0 unspecified atom stereocenters. The van der Waals surface area contributed by atoms with Gasteiger partial charge in [-0.3, -0.25) is 9.79 Å². The molecule has 1 saturated heterocycles. The number of carbonyl (C=O) groups excluding carboxylic acids is 1. The molecule has 1 aromatic carbocycles. The summed E-state index contributed by atoms with van der Waals surface area (Å²) >= 11 is 1.70. The molecule has 162 valence electrons. The summed E-state index contributed by atoms with van der Waals surface area (Å²) in [6.45, 7) is 8.57. The Balaban J connectivity index is 1.49. The smallest absolute Gasteiger partial charge is 0.308 e. The van der Waals surface area contributed by atoms with Gasteiger partial charge in [0.25, 0.3) is 0 Å². The van der Waals surface area contributed by atoms with Crippen LogP contribution in [0.3, 0.4) is 0 Å². The number of hydrogen-bond acceptors (Lipinski definition) is 6. The Morgan fingerprint density at radius 1 is 1.33 bits per heavy atom. The van der Waals surface area contributed by atoms with Crippen molar-refractivity contribution in [1.29, 1.82) is 0 Å². The Hall–Kier alpha value is -1.99. The second-order valence-corrected chi connectivity index (χ2v) is 9.55. The number of fused-ring (bicyclic) bond motifs is 1. The van der Waals surface area contributed by atoms with E-state index in [1.807, 2.05) is 13.8 Å². The fourth-order valence-electron chi connectivity index (χ4n) is 4.02. The molecule has 0 bridgehead atoms. The fraction of sp³-hybridized carbons (Fsp3) is 0.565. The number of anilines is 1. The number of aliphatic imine (C=N–C) groups is 1. The van der Waals surface area contributed by atoms with Crippen LogP contribution in [0.5, 0.6) is 0 Å². The van der Waals surface area contributed by atoms with E-state index < -0.39 is 0 Å². The quantitative estimate of drug-likeness (QED) is 0.633. The topological polar surface area (TPSA) is 75.7 Å². The lowest BCUT2D eigenvalue weighted by Gasteiger charge is -2.23. The Morgan fingerprint density at radius 3 is 2.90 bits per heavy atom. The summed E-state index contributed by atoms with van der Waals surface area (Å²) in [5, 5.41) is 5.82. The van der Waals surface area contributed by atoms with Crippen LogP contribution >= 0.6 is 11.8 Å². The number of aromatic amines is 1. The molecule has 6 nitrogen and oxygen atoms in total. The van der Waals surface area contributed by atoms with Gasteiger partial charge in [0.05, 0.1) is 35.5 Å². The third-order valence-electron chi connectivity index (χ3n) is 5.51. The number of nitrogens with one attached hydrogen (secondary N) is 2. The van der Waals surface area contributed by atoms with E-state index in [9.17, 15) is 4.79 Å². The lowest BCUT2D eigenvalue weighted by Crippen LogP contribution is -2.22. The van der Waals surface area contributed by atoms with Crippen molar-refractivity contribution in [2.75, 3.05) is 30.8 Å². The van der Waals surface area contributed by atoms with Crippen LogP contribution in [0.1, 0.15) is 44.4 Å². The zero-order chi connectivity index (χ0) is 21.1. The maximum atomic E-state index is 12.0. The first-order chi connectivity index (χ1) is 14.5. The maximum absolute atomic E-state index is 12.0. The highest BCUT2D eigenvalue weighted by atomic mass is 32.2. The normalized spacial score (nSPS) is 20.0. The SMILES string of the molecule is Cc1cc(NCC2CCOCC2)c2[nH]c(C3=N[C@@H](CC(=O)OC(C)C)CS3)cc2c1. The predicted octanol–water partition coefficient (Wildman–Crippen LogP) is 4.52. The highest BCUT2D eigenvalue weighted by molar-refractivity contribution is 8.14. The molecule has 0 aliphatic carbocycles. The van der Waals surface area contributed by atoms with E-state index in [0.717, 1.165) is 60.3 Å². The van der Waals surface area contributed by atoms with Gasteiger partial charge in [-0.15, -0.1) is 11.8 Å². The van der Waals surface area contributed by atoms with Gasteiger partial charge in [-0.25, -0.2) is 0 Å². The number of nitrogens with zero attached hydrogens (tertiary/aromatic N) is 1. The first kappa shape index (κ1) is 21.2. The molecule has 2 aromatic rings. The minimum Gasteiger partial charge on any atom is -0.463 e. The molecule has 2 aliphatic heterocycles. The Morgan fingerprint density at radius 2 is 2.13 bits per heavy atom. The number of H-pyrrole nitrogens is 1. The largest absolute Gasteiger partial charge is 0.463 e. The number of rotatable bonds is 7. The van der Waals surface area contributed by atoms with Crippen molar-refractivity contribution < 1.29 is 14.3 Å². The molecular weight excluding hydrogens is 398 g/mol. The first-order valence-electron chi connectivity index (χ1n) is 10.8. The van der Waals surface area contributed by atoms with Crippen molar-refractivity contribution in [3.05, 3.63) is 29.5 Å². The summed E-state index contributed by atoms with van der Waals surface area (Å²) in [4.78, 5) is 20.3. The summed E-state index contributed by atoms with van der Waals surface area (Å²) in [5.74, 6) is 1.29. The van der Waals surface area contributed by atoms with Gasteiger partial charge in [0.15, 0.2) is 0 Å². The van der Waals surface area contributed by atoms with Crippen LogP contribution in [-0.2, 0) is 14.3 Å². The van der Waals surface area contributed by atoms with E-state index in [1.165, 1.54) is 10.9 Å². The van der Waals surface area contributed by atoms with E-state index >= 15 is 0 Å². The monoisotopic (exact) mass is 429 g/mol. The molecule has 2 N–H and O–H groups in total. The van der Waals surface area contributed by atoms with E-state index in [1.54, 1.807) is 11.8 Å². The van der Waals surface area contributed by atoms with Crippen LogP contribution in [0.15, 0.2) is 23.2 Å². The Labute approximate surface area is 182 Å². The Kier molecular flexibility index (Phi) is 6.68. The van der Waals surface area contributed by atoms with Gasteiger partial charge in [0, 0.05) is 30.9 Å². The van der Waals surface area contributed by atoms with Gasteiger partial charge in [0.2, 0.25) is 0 Å². The second-order valence-electron chi connectivity index (χ2n) is 8.54. The zero-order valence-electron chi connectivity index (χ0n) is 18.0. The highest BCUT2D eigenvalue weighted by Crippen LogP contribution is 2.31. The van der Waals surface area contributed by atoms with Gasteiger partial charge in [-0.05, 0) is 63.3 Å². The number of thioether (sulfide) groups is 1. The molecule has 2 aliphatic rings. The van der Waals surface area contributed by atoms with Crippen LogP contribution in [-0.4, -0.2) is 53.7 Å². The molecule has 0 amide bonds. The number of carbonyl (C=O) groups is 1. The lowest BCUT2D eigenvalue weighted by molar-refractivity contribution is -0.147. The van der Waals surface area contributed by atoms with Crippen molar-refractivity contribution in [2.45, 2.75) is 52.2 Å². The Bertz CT molecular complexity index is 931. The molecule has 7 heteroatoms. The third kappa shape index (κ3) is 5.19. The molecule has 30 heavy (non-hydrogen) atoms. The number of ether oxygens (including phenoxy) is 2. The van der Waals surface area contributed by atoms with Gasteiger partial charge in [-0.1, -0.05) is 0 Å². The molecule has 1 atom stereocenters. The van der Waals surface area contributed by atoms with Crippen LogP contribution in [0.25, 0.3) is 10.9 Å². The minimum absolute atomic E-state index is 0.0180. The minimum atomic E-state index is -0.174. The molecule has 3 heterocycles. The van der Waals surface area contributed by atoms with E-state index in [0.29, 0.717) is 12.3 Å². The predicted molar refractivity (Wildman–Crippen MR) is 124 cm³/mol. The number of benzene rings is 1. The van der Waals surface area contributed by atoms with Crippen LogP contribution in [0.2, 0.25) is 0 Å². The molecular formula is C23H31N3O3S. The average molecular weight is 430 g/mol. The summed E-state index contributed by atoms with van der Waals surface area (Å²) in [5.41, 5.74) is 4.52. The van der Waals surface area contributed by atoms with Crippen LogP contribution in [0.4, 0.5) is 5.69 Å². The van der Waals surface area contributed by atoms with E-state index in [2.05, 4.69) is 35.4 Å². The summed E-state index contributed by atoms with van der Waals surface area (Å²) in [7, 11) is 0. The molecule has 4 rings (SSSR count). The van der Waals surface area contributed by atoms with Gasteiger partial charge >= 0.3 is 5.97 Å². The maximum Gasteiger partial charge on any atom is 0.308 e. The zero-order valence-corrected chi connectivity index (χ0v) is 18.8. The van der Waals surface area contributed by atoms with Crippen molar-refractivity contribution in [2.24, 2.45) is 10.9 Å². The lowest BCUT2D eigenvalue weighted by atomic mass is 10.0. The molecule has 0 radical (unpaired) electrons. The standard InChI is InChI=1S/C23H31N3O3S/c1-14(2)29-21(27)11-18-13-30-23(25-18)20-10-17-8-15(3)9-19(22(17)26-20)24-12-16-4-6-28-7-5-16/h8-10,14,16,18,24,26H,4-7,11-13H2,1-3H3/t18-/m0/s1. The van der Waals surface area contributed by atoms with Crippen molar-refractivity contribution in [1.82, 2.24) is 4.98 Å². The number of hydrogen-bond donors (Lipinski definition) is 2. The number of aryl methyl sites for hydroxylation is 1. The molecule has 0 saturated carbocycles. The van der Waals surface area contributed by atoms with Crippen molar-refractivity contribution in [3.63, 3.8) is 0 Å². The van der Waals surface area contributed by atoms with E-state index in [-0.39, 0.29) is 18.1 Å². The van der Waals surface area contributed by atoms with Crippen LogP contribution in [0, 0.1) is 12.8 Å². The van der Waals surface area contributed by atoms with Crippen molar-refractivity contribution >= 4 is 39.4 Å². The second kappa shape index (κ2) is 9.43. The molecule has 1 aromatic heterocycles. The fourth-order valence-corrected chi connectivity index (χ4v) is 5.06. The molecule has 1 fully saturated rings. The summed E-state index contributed by atoms with van der Waals surface area (Å²) < 4.78 is 10.7. The van der Waals surface area contributed by atoms with Crippen molar-refractivity contribution in [3.8, 4) is 0 Å². The summed E-state index contributed by atoms with van der Waals surface area (Å²) in [6.07, 6.45) is 2.49. The van der Waals surface area contributed by atoms with Gasteiger partial charge in [-0.2, -0.15) is 0 Å². The summed E-state index contributed by atoms with van der Waals surface area (Å²) in [6, 6.07) is 6.56. The first-order valence-corrected chi connectivity index (χ1v) is 11.8.